The van der Waals surface area contributed by atoms with Gasteiger partial charge in [-0.15, -0.1) is 0 Å². The molecule has 0 spiro atoms. The lowest BCUT2D eigenvalue weighted by Gasteiger charge is -2.13. The summed E-state index contributed by atoms with van der Waals surface area (Å²) in [6, 6.07) is 4.35. The van der Waals surface area contributed by atoms with E-state index < -0.39 is 0 Å². The largest absolute Gasteiger partial charge is 0.496 e. The highest BCUT2D eigenvalue weighted by Gasteiger charge is 2.15. The fourth-order valence-corrected chi connectivity index (χ4v) is 3.27. The number of nitrogens with zero attached hydrogens (tertiary/aromatic N) is 1. The normalized spacial score (nSPS) is 14.3. The van der Waals surface area contributed by atoms with Gasteiger partial charge >= 0.3 is 0 Å². The summed E-state index contributed by atoms with van der Waals surface area (Å²) in [6.07, 6.45) is 7.92. The number of methoxy groups -OCH3 is 1. The Balaban J connectivity index is 1.78. The molecule has 25 heavy (non-hydrogen) atoms. The van der Waals surface area contributed by atoms with Gasteiger partial charge in [0.1, 0.15) is 17.3 Å². The number of halogens is 1. The molecule has 0 aliphatic heterocycles. The minimum atomic E-state index is -0.344. The Kier molecular flexibility index (Phi) is 5.31. The molecule has 0 bridgehead atoms. The molecule has 4 nitrogen and oxygen atoms in total. The molecule has 1 N–H and O–H groups in total. The quantitative estimate of drug-likeness (QED) is 0.824. The average Bonchev–Trinajstić information content (AvgIpc) is 2.61. The molecule has 1 aliphatic rings. The van der Waals surface area contributed by atoms with Crippen LogP contribution in [0.4, 0.5) is 4.39 Å². The number of rotatable bonds is 5. The highest BCUT2D eigenvalue weighted by atomic mass is 19.1. The van der Waals surface area contributed by atoms with Crippen molar-refractivity contribution in [1.29, 1.82) is 0 Å². The van der Waals surface area contributed by atoms with Crippen LogP contribution in [0.1, 0.15) is 48.2 Å². The Hall–Kier alpha value is -2.43. The molecule has 0 unspecified atom stereocenters. The van der Waals surface area contributed by atoms with Crippen LogP contribution in [0.25, 0.3) is 10.9 Å². The minimum Gasteiger partial charge on any atom is -0.496 e. The van der Waals surface area contributed by atoms with Gasteiger partial charge in [-0.05, 0) is 56.7 Å². The number of carbonyl (C=O) groups is 1. The number of carbonyl (C=O) groups excluding carboxylic acids is 1. The molecule has 2 aromatic rings. The molecule has 1 heterocycles. The summed E-state index contributed by atoms with van der Waals surface area (Å²) in [5, 5.41) is 3.49. The van der Waals surface area contributed by atoms with Crippen molar-refractivity contribution >= 4 is 16.8 Å². The molecule has 0 saturated carbocycles. The van der Waals surface area contributed by atoms with Gasteiger partial charge in [-0.25, -0.2) is 9.37 Å². The first kappa shape index (κ1) is 17.4. The van der Waals surface area contributed by atoms with Crippen molar-refractivity contribution in [3.8, 4) is 5.75 Å². The number of amides is 1. The van der Waals surface area contributed by atoms with Crippen LogP contribution >= 0.6 is 0 Å². The summed E-state index contributed by atoms with van der Waals surface area (Å²) >= 11 is 0. The summed E-state index contributed by atoms with van der Waals surface area (Å²) in [4.78, 5) is 16.9. The Morgan fingerprint density at radius 2 is 2.16 bits per heavy atom. The van der Waals surface area contributed by atoms with Crippen molar-refractivity contribution in [3.63, 3.8) is 0 Å². The molecule has 3 rings (SSSR count). The van der Waals surface area contributed by atoms with E-state index in [2.05, 4.69) is 16.4 Å². The van der Waals surface area contributed by atoms with Crippen LogP contribution in [0, 0.1) is 12.7 Å². The molecule has 5 heteroatoms. The molecule has 0 atom stereocenters. The monoisotopic (exact) mass is 342 g/mol. The average molecular weight is 342 g/mol. The van der Waals surface area contributed by atoms with Gasteiger partial charge in [0.05, 0.1) is 12.6 Å². The van der Waals surface area contributed by atoms with Crippen molar-refractivity contribution in [1.82, 2.24) is 10.3 Å². The third-order valence-corrected chi connectivity index (χ3v) is 4.60. The van der Waals surface area contributed by atoms with Gasteiger partial charge in [0, 0.05) is 18.0 Å². The first-order chi connectivity index (χ1) is 12.1. The van der Waals surface area contributed by atoms with Gasteiger partial charge in [0.15, 0.2) is 0 Å². The second-order valence-electron chi connectivity index (χ2n) is 6.44. The van der Waals surface area contributed by atoms with Crippen LogP contribution in [0.3, 0.4) is 0 Å². The van der Waals surface area contributed by atoms with Crippen molar-refractivity contribution in [3.05, 3.63) is 46.9 Å². The topological polar surface area (TPSA) is 51.2 Å². The SMILES string of the molecule is COc1cc(C(=O)NCCC2=CCCCC2)nc2c(C)cc(F)cc12. The number of fused-ring (bicyclic) bond motifs is 1. The van der Waals surface area contributed by atoms with E-state index in [1.807, 2.05) is 0 Å². The minimum absolute atomic E-state index is 0.236. The number of aromatic nitrogens is 1. The summed E-state index contributed by atoms with van der Waals surface area (Å²) < 4.78 is 19.0. The van der Waals surface area contributed by atoms with Crippen LogP contribution in [0.5, 0.6) is 5.75 Å². The third kappa shape index (κ3) is 3.98. The van der Waals surface area contributed by atoms with Gasteiger partial charge in [-0.1, -0.05) is 11.6 Å². The zero-order chi connectivity index (χ0) is 17.8. The van der Waals surface area contributed by atoms with Crippen molar-refractivity contribution < 1.29 is 13.9 Å². The molecule has 1 amide bonds. The number of nitrogens with one attached hydrogen (secondary N) is 1. The van der Waals surface area contributed by atoms with Crippen molar-refractivity contribution in [2.75, 3.05) is 13.7 Å². The first-order valence-corrected chi connectivity index (χ1v) is 8.69. The smallest absolute Gasteiger partial charge is 0.270 e. The number of hydrogen-bond donors (Lipinski definition) is 1. The standard InChI is InChI=1S/C20H23FN2O2/c1-13-10-15(21)11-16-18(25-2)12-17(23-19(13)16)20(24)22-9-8-14-6-4-3-5-7-14/h6,10-12H,3-5,7-9H2,1-2H3,(H,22,24). The number of allylic oxidation sites excluding steroid dienone is 1. The fraction of sp³-hybridized carbons (Fsp3) is 0.400. The van der Waals surface area contributed by atoms with E-state index in [0.29, 0.717) is 28.8 Å². The number of pyridine rings is 1. The van der Waals surface area contributed by atoms with Crippen LogP contribution < -0.4 is 10.1 Å². The summed E-state index contributed by atoms with van der Waals surface area (Å²) in [5.74, 6) is -0.129. The summed E-state index contributed by atoms with van der Waals surface area (Å²) in [6.45, 7) is 2.37. The molecular weight excluding hydrogens is 319 g/mol. The molecular formula is C20H23FN2O2. The number of aryl methyl sites for hydroxylation is 1. The molecule has 1 aromatic heterocycles. The lowest BCUT2D eigenvalue weighted by Crippen LogP contribution is -2.26. The maximum Gasteiger partial charge on any atom is 0.270 e. The van der Waals surface area contributed by atoms with Gasteiger partial charge in [-0.3, -0.25) is 4.79 Å². The molecule has 0 saturated heterocycles. The van der Waals surface area contributed by atoms with Crippen molar-refractivity contribution in [2.45, 2.75) is 39.0 Å². The van der Waals surface area contributed by atoms with E-state index in [4.69, 9.17) is 4.74 Å². The fourth-order valence-electron chi connectivity index (χ4n) is 3.27. The summed E-state index contributed by atoms with van der Waals surface area (Å²) in [5.41, 5.74) is 2.97. The van der Waals surface area contributed by atoms with E-state index in [9.17, 15) is 9.18 Å². The molecule has 0 fully saturated rings. The third-order valence-electron chi connectivity index (χ3n) is 4.60. The molecule has 0 radical (unpaired) electrons. The molecule has 132 valence electrons. The highest BCUT2D eigenvalue weighted by Crippen LogP contribution is 2.28. The Labute approximate surface area is 147 Å². The van der Waals surface area contributed by atoms with Gasteiger partial charge in [0.25, 0.3) is 5.91 Å². The van der Waals surface area contributed by atoms with Crippen LogP contribution in [-0.2, 0) is 0 Å². The predicted molar refractivity (Wildman–Crippen MR) is 96.5 cm³/mol. The lowest BCUT2D eigenvalue weighted by atomic mass is 9.97. The van der Waals surface area contributed by atoms with Crippen LogP contribution in [0.15, 0.2) is 29.8 Å². The van der Waals surface area contributed by atoms with Gasteiger partial charge in [-0.2, -0.15) is 0 Å². The Morgan fingerprint density at radius 1 is 1.32 bits per heavy atom. The zero-order valence-corrected chi connectivity index (χ0v) is 14.7. The molecule has 1 aromatic carbocycles. The maximum atomic E-state index is 13.6. The Morgan fingerprint density at radius 3 is 2.88 bits per heavy atom. The number of hydrogen-bond acceptors (Lipinski definition) is 3. The summed E-state index contributed by atoms with van der Waals surface area (Å²) in [7, 11) is 1.51. The van der Waals surface area contributed by atoms with Gasteiger partial charge in [0.2, 0.25) is 0 Å². The van der Waals surface area contributed by atoms with E-state index >= 15 is 0 Å². The number of benzene rings is 1. The van der Waals surface area contributed by atoms with Crippen LogP contribution in [0.2, 0.25) is 0 Å². The lowest BCUT2D eigenvalue weighted by molar-refractivity contribution is 0.0949. The van der Waals surface area contributed by atoms with Crippen molar-refractivity contribution in [2.24, 2.45) is 0 Å². The highest BCUT2D eigenvalue weighted by molar-refractivity contribution is 5.97. The van der Waals surface area contributed by atoms with E-state index in [-0.39, 0.29) is 17.4 Å². The second-order valence-corrected chi connectivity index (χ2v) is 6.44. The second kappa shape index (κ2) is 7.64. The van der Waals surface area contributed by atoms with E-state index in [0.717, 1.165) is 19.3 Å². The molecule has 1 aliphatic carbocycles. The maximum absolute atomic E-state index is 13.6. The van der Waals surface area contributed by atoms with E-state index in [1.54, 1.807) is 13.0 Å². The Bertz CT molecular complexity index is 830. The first-order valence-electron chi connectivity index (χ1n) is 8.69. The van der Waals surface area contributed by atoms with Crippen LogP contribution in [-0.4, -0.2) is 24.5 Å². The van der Waals surface area contributed by atoms with E-state index in [1.165, 1.54) is 37.7 Å². The number of ether oxygens (including phenoxy) is 1. The predicted octanol–water partition coefficient (Wildman–Crippen LogP) is 4.31. The zero-order valence-electron chi connectivity index (χ0n) is 14.7. The van der Waals surface area contributed by atoms with Gasteiger partial charge < -0.3 is 10.1 Å².